The molecule has 2 N–H and O–H groups in total. The average molecular weight is 521 g/mol. The highest BCUT2D eigenvalue weighted by atomic mass is 79.9. The minimum Gasteiger partial charge on any atom is -0.492 e. The van der Waals surface area contributed by atoms with Gasteiger partial charge in [0.25, 0.3) is 21.8 Å². The van der Waals surface area contributed by atoms with Crippen LogP contribution in [0.5, 0.6) is 11.6 Å². The molecule has 0 unspecified atom stereocenters. The van der Waals surface area contributed by atoms with Crippen LogP contribution in [0.1, 0.15) is 23.7 Å². The highest BCUT2D eigenvalue weighted by molar-refractivity contribution is 9.10. The van der Waals surface area contributed by atoms with Crippen LogP contribution in [0.15, 0.2) is 64.2 Å². The number of nitrogens with one attached hydrogen (secondary N) is 2. The van der Waals surface area contributed by atoms with E-state index in [4.69, 9.17) is 9.47 Å². The van der Waals surface area contributed by atoms with Crippen LogP contribution in [0.3, 0.4) is 0 Å². The number of carbonyl (C=O) groups excluding carboxylic acids is 1. The third-order valence-electron chi connectivity index (χ3n) is 4.17. The van der Waals surface area contributed by atoms with Crippen LogP contribution in [0, 0.1) is 0 Å². The Balaban J connectivity index is 1.70. The van der Waals surface area contributed by atoms with Gasteiger partial charge in [-0.25, -0.2) is 18.4 Å². The molecule has 0 aliphatic heterocycles. The first kappa shape index (κ1) is 23.5. The minimum atomic E-state index is -3.93. The smallest absolute Gasteiger partial charge is 0.263 e. The van der Waals surface area contributed by atoms with E-state index in [1.54, 1.807) is 18.2 Å². The van der Waals surface area contributed by atoms with Gasteiger partial charge in [0, 0.05) is 23.6 Å². The molecule has 1 amide bonds. The van der Waals surface area contributed by atoms with E-state index in [0.29, 0.717) is 28.1 Å². The lowest BCUT2D eigenvalue weighted by Crippen LogP contribution is -2.15. The topological polar surface area (TPSA) is 120 Å². The number of rotatable bonds is 9. The molecule has 3 rings (SSSR count). The highest BCUT2D eigenvalue weighted by Crippen LogP contribution is 2.27. The van der Waals surface area contributed by atoms with Crippen molar-refractivity contribution in [3.05, 3.63) is 64.9 Å². The van der Waals surface area contributed by atoms with Gasteiger partial charge < -0.3 is 14.8 Å². The maximum absolute atomic E-state index is 12.6. The van der Waals surface area contributed by atoms with Crippen LogP contribution >= 0.6 is 15.9 Å². The van der Waals surface area contributed by atoms with Crippen LogP contribution in [0.4, 0.5) is 11.5 Å². The molecule has 0 fully saturated rings. The van der Waals surface area contributed by atoms with Crippen molar-refractivity contribution in [2.75, 3.05) is 23.8 Å². The van der Waals surface area contributed by atoms with Crippen molar-refractivity contribution in [2.24, 2.45) is 0 Å². The zero-order valence-electron chi connectivity index (χ0n) is 17.3. The third kappa shape index (κ3) is 5.74. The molecule has 0 saturated heterocycles. The summed E-state index contributed by atoms with van der Waals surface area (Å²) in [5.41, 5.74) is 0.863. The number of hydrogen-bond donors (Lipinski definition) is 2. The van der Waals surface area contributed by atoms with Crippen molar-refractivity contribution in [2.45, 2.75) is 18.2 Å². The molecule has 9 nitrogen and oxygen atoms in total. The molecule has 0 aliphatic carbocycles. The lowest BCUT2D eigenvalue weighted by atomic mass is 10.2. The molecular formula is C21H21BrN4O5S. The summed E-state index contributed by atoms with van der Waals surface area (Å²) in [6, 6.07) is 10.8. The van der Waals surface area contributed by atoms with Gasteiger partial charge in [0.05, 0.1) is 23.1 Å². The number of aromatic nitrogens is 2. The van der Waals surface area contributed by atoms with Crippen LogP contribution in [0.2, 0.25) is 0 Å². The van der Waals surface area contributed by atoms with Crippen molar-refractivity contribution < 1.29 is 22.7 Å². The zero-order valence-corrected chi connectivity index (χ0v) is 19.7. The molecule has 32 heavy (non-hydrogen) atoms. The Morgan fingerprint density at radius 3 is 2.47 bits per heavy atom. The summed E-state index contributed by atoms with van der Waals surface area (Å²) in [4.78, 5) is 20.4. The molecule has 1 heterocycles. The summed E-state index contributed by atoms with van der Waals surface area (Å²) in [6.45, 7) is 2.59. The molecule has 11 heteroatoms. The SMILES string of the molecule is CCCOc1ccc(C(=O)Nc2ccc(S(=O)(=O)Nc3nccnc3OC)cc2)cc1Br. The predicted molar refractivity (Wildman–Crippen MR) is 124 cm³/mol. The number of benzene rings is 2. The summed E-state index contributed by atoms with van der Waals surface area (Å²) in [7, 11) is -2.56. The van der Waals surface area contributed by atoms with E-state index in [-0.39, 0.29) is 22.5 Å². The molecule has 0 spiro atoms. The van der Waals surface area contributed by atoms with Gasteiger partial charge in [-0.2, -0.15) is 0 Å². The van der Waals surface area contributed by atoms with Crippen molar-refractivity contribution in [1.82, 2.24) is 9.97 Å². The largest absolute Gasteiger partial charge is 0.492 e. The molecule has 3 aromatic rings. The average Bonchev–Trinajstić information content (AvgIpc) is 2.78. The fourth-order valence-corrected chi connectivity index (χ4v) is 4.12. The Morgan fingerprint density at radius 1 is 1.09 bits per heavy atom. The predicted octanol–water partition coefficient (Wildman–Crippen LogP) is 4.09. The number of amides is 1. The Morgan fingerprint density at radius 2 is 1.81 bits per heavy atom. The molecule has 0 atom stereocenters. The van der Waals surface area contributed by atoms with E-state index in [2.05, 4.69) is 35.9 Å². The maximum Gasteiger partial charge on any atom is 0.263 e. The summed E-state index contributed by atoms with van der Waals surface area (Å²) < 4.78 is 38.9. The number of ether oxygens (including phenoxy) is 2. The normalized spacial score (nSPS) is 11.0. The third-order valence-corrected chi connectivity index (χ3v) is 6.14. The molecule has 0 aliphatic rings. The Kier molecular flexibility index (Phi) is 7.65. The summed E-state index contributed by atoms with van der Waals surface area (Å²) in [6.07, 6.45) is 3.61. The van der Waals surface area contributed by atoms with Crippen molar-refractivity contribution >= 4 is 43.4 Å². The summed E-state index contributed by atoms with van der Waals surface area (Å²) in [5.74, 6) is 0.345. The Labute approximate surface area is 194 Å². The number of halogens is 1. The quantitative estimate of drug-likeness (QED) is 0.435. The van der Waals surface area contributed by atoms with Crippen LogP contribution < -0.4 is 19.5 Å². The molecule has 2 aromatic carbocycles. The monoisotopic (exact) mass is 520 g/mol. The fraction of sp³-hybridized carbons (Fsp3) is 0.190. The van der Waals surface area contributed by atoms with Gasteiger partial charge in [0.15, 0.2) is 0 Å². The van der Waals surface area contributed by atoms with Crippen LogP contribution in [-0.2, 0) is 10.0 Å². The minimum absolute atomic E-state index is 0.0108. The van der Waals surface area contributed by atoms with E-state index in [1.807, 2.05) is 6.92 Å². The van der Waals surface area contributed by atoms with Gasteiger partial charge in [-0.15, -0.1) is 0 Å². The van der Waals surface area contributed by atoms with Gasteiger partial charge >= 0.3 is 0 Å². The van der Waals surface area contributed by atoms with Gasteiger partial charge in [-0.05, 0) is 64.8 Å². The highest BCUT2D eigenvalue weighted by Gasteiger charge is 2.18. The van der Waals surface area contributed by atoms with E-state index in [1.165, 1.54) is 43.8 Å². The second kappa shape index (κ2) is 10.4. The Hall–Kier alpha value is -3.18. The summed E-state index contributed by atoms with van der Waals surface area (Å²) in [5, 5.41) is 2.74. The zero-order chi connectivity index (χ0) is 23.1. The van der Waals surface area contributed by atoms with Gasteiger partial charge in [-0.3, -0.25) is 9.52 Å². The molecular weight excluding hydrogens is 500 g/mol. The second-order valence-corrected chi connectivity index (χ2v) is 9.03. The molecule has 0 saturated carbocycles. The Bertz CT molecular complexity index is 1200. The van der Waals surface area contributed by atoms with Crippen molar-refractivity contribution in [3.63, 3.8) is 0 Å². The van der Waals surface area contributed by atoms with Gasteiger partial charge in [0.2, 0.25) is 5.82 Å². The molecule has 0 radical (unpaired) electrons. The number of sulfonamides is 1. The second-order valence-electron chi connectivity index (χ2n) is 6.49. The fourth-order valence-electron chi connectivity index (χ4n) is 2.62. The van der Waals surface area contributed by atoms with Crippen LogP contribution in [0.25, 0.3) is 0 Å². The van der Waals surface area contributed by atoms with Crippen molar-refractivity contribution in [3.8, 4) is 11.6 Å². The van der Waals surface area contributed by atoms with Gasteiger partial charge in [-0.1, -0.05) is 6.92 Å². The van der Waals surface area contributed by atoms with E-state index >= 15 is 0 Å². The molecule has 1 aromatic heterocycles. The lowest BCUT2D eigenvalue weighted by molar-refractivity contribution is 0.102. The number of anilines is 2. The first-order valence-corrected chi connectivity index (χ1v) is 11.8. The first-order chi connectivity index (χ1) is 15.3. The maximum atomic E-state index is 12.6. The molecule has 0 bridgehead atoms. The van der Waals surface area contributed by atoms with E-state index in [0.717, 1.165) is 6.42 Å². The number of carbonyl (C=O) groups is 1. The van der Waals surface area contributed by atoms with E-state index in [9.17, 15) is 13.2 Å². The number of hydrogen-bond acceptors (Lipinski definition) is 7. The number of nitrogens with zero attached hydrogens (tertiary/aromatic N) is 2. The van der Waals surface area contributed by atoms with E-state index < -0.39 is 10.0 Å². The van der Waals surface area contributed by atoms with Gasteiger partial charge in [0.1, 0.15) is 5.75 Å². The summed E-state index contributed by atoms with van der Waals surface area (Å²) >= 11 is 3.40. The molecule has 168 valence electrons. The van der Waals surface area contributed by atoms with Crippen molar-refractivity contribution in [1.29, 1.82) is 0 Å². The first-order valence-electron chi connectivity index (χ1n) is 9.55. The standard InChI is InChI=1S/C21H21BrN4O5S/c1-3-12-31-18-9-4-14(13-17(18)22)20(27)25-15-5-7-16(8-6-15)32(28,29)26-19-21(30-2)24-11-10-23-19/h4-11,13H,3,12H2,1-2H3,(H,23,26)(H,25,27). The van der Waals surface area contributed by atoms with Crippen LogP contribution in [-0.4, -0.2) is 38.0 Å². The lowest BCUT2D eigenvalue weighted by Gasteiger charge is -2.11. The number of methoxy groups -OCH3 is 1.